The van der Waals surface area contributed by atoms with Gasteiger partial charge in [-0.05, 0) is 38.5 Å². The number of carbonyl (C=O) groups excluding carboxylic acids is 1. The Bertz CT molecular complexity index is 624. The zero-order valence-corrected chi connectivity index (χ0v) is 18.0. The molecule has 0 radical (unpaired) electrons. The monoisotopic (exact) mass is 376 g/mol. The summed E-state index contributed by atoms with van der Waals surface area (Å²) in [4.78, 5) is 20.9. The number of carbonyl (C=O) groups is 1. The maximum atomic E-state index is 12.4. The van der Waals surface area contributed by atoms with Gasteiger partial charge in [0, 0.05) is 32.1 Å². The summed E-state index contributed by atoms with van der Waals surface area (Å²) < 4.78 is 5.34. The molecule has 6 nitrogen and oxygen atoms in total. The molecule has 0 aliphatic rings. The highest BCUT2D eigenvalue weighted by molar-refractivity contribution is 5.86. The average molecular weight is 377 g/mol. The summed E-state index contributed by atoms with van der Waals surface area (Å²) in [5, 5.41) is 3.29. The number of benzene rings is 1. The van der Waals surface area contributed by atoms with Crippen molar-refractivity contribution in [1.82, 2.24) is 15.1 Å². The summed E-state index contributed by atoms with van der Waals surface area (Å²) in [7, 11) is 3.58. The molecule has 1 amide bonds. The highest BCUT2D eigenvalue weighted by Gasteiger charge is 2.22. The van der Waals surface area contributed by atoms with Crippen molar-refractivity contribution < 1.29 is 9.53 Å². The lowest BCUT2D eigenvalue weighted by Gasteiger charge is -2.28. The van der Waals surface area contributed by atoms with Gasteiger partial charge in [-0.2, -0.15) is 0 Å². The van der Waals surface area contributed by atoms with Crippen LogP contribution in [-0.4, -0.2) is 68.5 Å². The van der Waals surface area contributed by atoms with E-state index in [1.807, 2.05) is 49.8 Å². The number of guanidine groups is 1. The minimum absolute atomic E-state index is 0.111. The third-order valence-electron chi connectivity index (χ3n) is 4.66. The normalized spacial score (nSPS) is 11.9. The van der Waals surface area contributed by atoms with Crippen LogP contribution in [0.4, 0.5) is 0 Å². The first kappa shape index (κ1) is 22.8. The van der Waals surface area contributed by atoms with Crippen LogP contribution >= 0.6 is 0 Å². The molecule has 6 heteroatoms. The predicted octanol–water partition coefficient (Wildman–Crippen LogP) is 2.74. The van der Waals surface area contributed by atoms with Gasteiger partial charge >= 0.3 is 0 Å². The summed E-state index contributed by atoms with van der Waals surface area (Å²) in [6.45, 7) is 13.5. The number of likely N-dealkylation sites (N-methyl/N-ethyl adjacent to an activating group) is 2. The molecule has 1 aromatic carbocycles. The van der Waals surface area contributed by atoms with E-state index in [-0.39, 0.29) is 11.3 Å². The molecule has 0 aromatic heterocycles. The third kappa shape index (κ3) is 6.77. The minimum Gasteiger partial charge on any atom is -0.497 e. The molecule has 0 saturated heterocycles. The van der Waals surface area contributed by atoms with Crippen molar-refractivity contribution in [3.05, 3.63) is 29.8 Å². The van der Waals surface area contributed by atoms with Gasteiger partial charge in [0.15, 0.2) is 5.96 Å². The second kappa shape index (κ2) is 10.8. The molecule has 0 spiro atoms. The van der Waals surface area contributed by atoms with E-state index in [0.717, 1.165) is 31.3 Å². The number of aliphatic imine (C=N–C) groups is 1. The molecule has 1 rings (SSSR count). The van der Waals surface area contributed by atoms with Crippen LogP contribution < -0.4 is 10.1 Å². The second-order valence-corrected chi connectivity index (χ2v) is 7.21. The van der Waals surface area contributed by atoms with Gasteiger partial charge in [-0.15, -0.1) is 0 Å². The zero-order valence-electron chi connectivity index (χ0n) is 18.0. The highest BCUT2D eigenvalue weighted by atomic mass is 16.5. The molecule has 152 valence electrons. The van der Waals surface area contributed by atoms with E-state index in [9.17, 15) is 4.79 Å². The first-order valence-electron chi connectivity index (χ1n) is 9.70. The molecule has 0 heterocycles. The zero-order chi connectivity index (χ0) is 20.4. The Labute approximate surface area is 164 Å². The molecule has 0 saturated carbocycles. The van der Waals surface area contributed by atoms with Crippen molar-refractivity contribution in [3.63, 3.8) is 0 Å². The molecule has 0 aliphatic carbocycles. The largest absolute Gasteiger partial charge is 0.497 e. The van der Waals surface area contributed by atoms with Crippen LogP contribution in [0.2, 0.25) is 0 Å². The number of amides is 1. The van der Waals surface area contributed by atoms with Crippen molar-refractivity contribution in [1.29, 1.82) is 0 Å². The first-order chi connectivity index (χ1) is 12.8. The molecule has 0 aliphatic heterocycles. The summed E-state index contributed by atoms with van der Waals surface area (Å²) >= 11 is 0. The number of hydrogen-bond donors (Lipinski definition) is 1. The summed E-state index contributed by atoms with van der Waals surface area (Å²) in [6.07, 6.45) is 0. The Hall–Kier alpha value is -2.24. The van der Waals surface area contributed by atoms with Gasteiger partial charge in [-0.3, -0.25) is 9.79 Å². The van der Waals surface area contributed by atoms with Crippen molar-refractivity contribution in [3.8, 4) is 5.75 Å². The molecule has 0 fully saturated rings. The van der Waals surface area contributed by atoms with Crippen LogP contribution in [0, 0.1) is 0 Å². The van der Waals surface area contributed by atoms with E-state index in [1.54, 1.807) is 7.11 Å². The van der Waals surface area contributed by atoms with Gasteiger partial charge < -0.3 is 19.9 Å². The van der Waals surface area contributed by atoms with E-state index >= 15 is 0 Å². The quantitative estimate of drug-likeness (QED) is 0.532. The second-order valence-electron chi connectivity index (χ2n) is 7.21. The molecular weight excluding hydrogens is 340 g/mol. The van der Waals surface area contributed by atoms with Crippen LogP contribution in [0.25, 0.3) is 0 Å². The molecule has 0 bridgehead atoms. The number of nitrogens with one attached hydrogen (secondary N) is 1. The van der Waals surface area contributed by atoms with Crippen LogP contribution in [0.1, 0.15) is 40.2 Å². The Morgan fingerprint density at radius 1 is 1.22 bits per heavy atom. The van der Waals surface area contributed by atoms with Gasteiger partial charge in [-0.25, -0.2) is 0 Å². The van der Waals surface area contributed by atoms with Crippen molar-refractivity contribution in [2.45, 2.75) is 40.0 Å². The topological polar surface area (TPSA) is 57.2 Å². The van der Waals surface area contributed by atoms with Crippen molar-refractivity contribution in [2.75, 3.05) is 46.9 Å². The third-order valence-corrected chi connectivity index (χ3v) is 4.66. The number of ether oxygens (including phenoxy) is 1. The minimum atomic E-state index is -0.154. The van der Waals surface area contributed by atoms with E-state index in [2.05, 4.69) is 31.3 Å². The average Bonchev–Trinajstić information content (AvgIpc) is 2.66. The summed E-state index contributed by atoms with van der Waals surface area (Å²) in [6, 6.07) is 8.09. The van der Waals surface area contributed by atoms with Gasteiger partial charge in [0.1, 0.15) is 5.75 Å². The fourth-order valence-electron chi connectivity index (χ4n) is 2.83. The molecule has 0 unspecified atom stereocenters. The Morgan fingerprint density at radius 2 is 1.89 bits per heavy atom. The fourth-order valence-corrected chi connectivity index (χ4v) is 2.83. The SMILES string of the molecule is CCNC(=NCC(C)(C)c1cccc(OC)c1)N(C)CC(=O)N(CC)CC. The Morgan fingerprint density at radius 3 is 2.44 bits per heavy atom. The van der Waals surface area contributed by atoms with Crippen LogP contribution in [-0.2, 0) is 10.2 Å². The molecule has 0 atom stereocenters. The van der Waals surface area contributed by atoms with Crippen LogP contribution in [0.5, 0.6) is 5.75 Å². The number of rotatable bonds is 9. The standard InChI is InChI=1S/C21H36N4O2/c1-8-22-20(24(6)15-19(26)25(9-2)10-3)23-16-21(4,5)17-12-11-13-18(14-17)27-7/h11-14H,8-10,15-16H2,1-7H3,(H,22,23). The lowest BCUT2D eigenvalue weighted by atomic mass is 9.84. The first-order valence-corrected chi connectivity index (χ1v) is 9.70. The molecule has 27 heavy (non-hydrogen) atoms. The molecule has 1 aromatic rings. The maximum Gasteiger partial charge on any atom is 0.242 e. The van der Waals surface area contributed by atoms with Gasteiger partial charge in [0.05, 0.1) is 20.2 Å². The van der Waals surface area contributed by atoms with Gasteiger partial charge in [-0.1, -0.05) is 26.0 Å². The van der Waals surface area contributed by atoms with Gasteiger partial charge in [0.25, 0.3) is 0 Å². The number of nitrogens with zero attached hydrogens (tertiary/aromatic N) is 3. The van der Waals surface area contributed by atoms with Crippen LogP contribution in [0.3, 0.4) is 0 Å². The molecular formula is C21H36N4O2. The van der Waals surface area contributed by atoms with E-state index < -0.39 is 0 Å². The number of hydrogen-bond acceptors (Lipinski definition) is 3. The predicted molar refractivity (Wildman–Crippen MR) is 113 cm³/mol. The molecule has 1 N–H and O–H groups in total. The number of methoxy groups -OCH3 is 1. The smallest absolute Gasteiger partial charge is 0.242 e. The van der Waals surface area contributed by atoms with Crippen molar-refractivity contribution in [2.24, 2.45) is 4.99 Å². The lowest BCUT2D eigenvalue weighted by molar-refractivity contribution is -0.131. The summed E-state index contributed by atoms with van der Waals surface area (Å²) in [5.41, 5.74) is 1.02. The Balaban J connectivity index is 2.91. The van der Waals surface area contributed by atoms with Gasteiger partial charge in [0.2, 0.25) is 5.91 Å². The maximum absolute atomic E-state index is 12.4. The van der Waals surface area contributed by atoms with E-state index in [0.29, 0.717) is 13.1 Å². The summed E-state index contributed by atoms with van der Waals surface area (Å²) in [5.74, 6) is 1.70. The fraction of sp³-hybridized carbons (Fsp3) is 0.619. The highest BCUT2D eigenvalue weighted by Crippen LogP contribution is 2.26. The Kier molecular flexibility index (Phi) is 9.12. The van der Waals surface area contributed by atoms with Crippen molar-refractivity contribution >= 4 is 11.9 Å². The van der Waals surface area contributed by atoms with Crippen LogP contribution in [0.15, 0.2) is 29.3 Å². The lowest BCUT2D eigenvalue weighted by Crippen LogP contribution is -2.46. The van der Waals surface area contributed by atoms with E-state index in [1.165, 1.54) is 5.56 Å². The van der Waals surface area contributed by atoms with E-state index in [4.69, 9.17) is 9.73 Å².